The summed E-state index contributed by atoms with van der Waals surface area (Å²) in [7, 11) is 0. The number of amides is 1. The number of rotatable bonds is 8. The maximum atomic E-state index is 12.0. The van der Waals surface area contributed by atoms with Gasteiger partial charge in [-0.1, -0.05) is 30.3 Å². The molecule has 1 amide bonds. The molecule has 2 aromatic carbocycles. The first-order chi connectivity index (χ1) is 13.6. The Morgan fingerprint density at radius 1 is 1.14 bits per heavy atom. The van der Waals surface area contributed by atoms with Crippen molar-refractivity contribution >= 4 is 5.91 Å². The summed E-state index contributed by atoms with van der Waals surface area (Å²) in [6, 6.07) is 17.8. The smallest absolute Gasteiger partial charge is 0.251 e. The van der Waals surface area contributed by atoms with E-state index < -0.39 is 6.10 Å². The van der Waals surface area contributed by atoms with E-state index in [1.165, 1.54) is 5.56 Å². The second-order valence-electron chi connectivity index (χ2n) is 7.48. The Hall–Kier alpha value is -2.37. The highest BCUT2D eigenvalue weighted by Gasteiger charge is 2.20. The first kappa shape index (κ1) is 20.4. The largest absolute Gasteiger partial charge is 0.490 e. The third-order valence-corrected chi connectivity index (χ3v) is 5.07. The van der Waals surface area contributed by atoms with Gasteiger partial charge in [0.05, 0.1) is 6.10 Å². The van der Waals surface area contributed by atoms with E-state index in [1.54, 1.807) is 19.1 Å². The average Bonchev–Trinajstić information content (AvgIpc) is 2.73. The van der Waals surface area contributed by atoms with Crippen LogP contribution < -0.4 is 10.1 Å². The molecule has 1 heterocycles. The number of aliphatic hydroxyl groups excluding tert-OH is 1. The van der Waals surface area contributed by atoms with Crippen LogP contribution in [0.2, 0.25) is 0 Å². The number of aliphatic hydroxyl groups is 1. The van der Waals surface area contributed by atoms with E-state index in [1.807, 2.05) is 12.1 Å². The number of piperidine rings is 1. The molecule has 0 bridgehead atoms. The van der Waals surface area contributed by atoms with Crippen LogP contribution in [0.1, 0.15) is 35.7 Å². The maximum absolute atomic E-state index is 12.0. The van der Waals surface area contributed by atoms with Crippen LogP contribution in [0.15, 0.2) is 54.6 Å². The monoisotopic (exact) mass is 382 g/mol. The molecule has 0 spiro atoms. The van der Waals surface area contributed by atoms with Crippen LogP contribution in [-0.2, 0) is 6.42 Å². The molecule has 0 aliphatic carbocycles. The lowest BCUT2D eigenvalue weighted by Crippen LogP contribution is -2.39. The number of hydrogen-bond donors (Lipinski definition) is 2. The summed E-state index contributed by atoms with van der Waals surface area (Å²) in [6.45, 7) is 5.09. The fraction of sp³-hybridized carbons (Fsp3) is 0.435. The van der Waals surface area contributed by atoms with Gasteiger partial charge in [-0.05, 0) is 56.0 Å². The van der Waals surface area contributed by atoms with Crippen LogP contribution in [-0.4, -0.2) is 54.3 Å². The zero-order chi connectivity index (χ0) is 19.8. The van der Waals surface area contributed by atoms with Crippen LogP contribution in [0.3, 0.4) is 0 Å². The number of nitrogens with zero attached hydrogens (tertiary/aromatic N) is 1. The predicted octanol–water partition coefficient (Wildman–Crippen LogP) is 2.88. The number of carbonyl (C=O) groups is 1. The summed E-state index contributed by atoms with van der Waals surface area (Å²) in [5, 5.41) is 11.9. The number of carbonyl (C=O) groups excluding carboxylic acids is 1. The number of nitrogens with one attached hydrogen (secondary N) is 1. The lowest BCUT2D eigenvalue weighted by molar-refractivity contribution is 0.0923. The van der Waals surface area contributed by atoms with E-state index in [0.29, 0.717) is 5.56 Å². The molecule has 150 valence electrons. The van der Waals surface area contributed by atoms with Gasteiger partial charge in [0.2, 0.25) is 0 Å². The molecule has 1 aliphatic rings. The molecule has 0 aromatic heterocycles. The highest BCUT2D eigenvalue weighted by Crippen LogP contribution is 2.20. The Kier molecular flexibility index (Phi) is 7.46. The highest BCUT2D eigenvalue weighted by molar-refractivity contribution is 5.94. The van der Waals surface area contributed by atoms with Gasteiger partial charge in [-0.2, -0.15) is 0 Å². The van der Waals surface area contributed by atoms with E-state index >= 15 is 0 Å². The van der Waals surface area contributed by atoms with Crippen LogP contribution in [0.4, 0.5) is 0 Å². The molecular weight excluding hydrogens is 352 g/mol. The van der Waals surface area contributed by atoms with Gasteiger partial charge >= 0.3 is 0 Å². The Morgan fingerprint density at radius 2 is 1.82 bits per heavy atom. The summed E-state index contributed by atoms with van der Waals surface area (Å²) >= 11 is 0. The van der Waals surface area contributed by atoms with Gasteiger partial charge < -0.3 is 20.1 Å². The fourth-order valence-electron chi connectivity index (χ4n) is 3.40. The SMILES string of the molecule is C[C@@H](O)CNC(=O)c1ccc(OC2CCN(CCc3ccccc3)CC2)cc1. The quantitative estimate of drug-likeness (QED) is 0.737. The van der Waals surface area contributed by atoms with Crippen LogP contribution in [0, 0.1) is 0 Å². The Labute approximate surface area is 167 Å². The highest BCUT2D eigenvalue weighted by atomic mass is 16.5. The van der Waals surface area contributed by atoms with E-state index in [-0.39, 0.29) is 18.6 Å². The minimum Gasteiger partial charge on any atom is -0.490 e. The molecule has 2 N–H and O–H groups in total. The van der Waals surface area contributed by atoms with Gasteiger partial charge in [0.15, 0.2) is 0 Å². The summed E-state index contributed by atoms with van der Waals surface area (Å²) < 4.78 is 6.10. The van der Waals surface area contributed by atoms with E-state index in [2.05, 4.69) is 40.5 Å². The van der Waals surface area contributed by atoms with Gasteiger partial charge in [-0.25, -0.2) is 0 Å². The molecule has 1 saturated heterocycles. The molecule has 2 aromatic rings. The molecule has 1 fully saturated rings. The zero-order valence-corrected chi connectivity index (χ0v) is 16.5. The lowest BCUT2D eigenvalue weighted by Gasteiger charge is -2.32. The molecule has 0 unspecified atom stereocenters. The number of likely N-dealkylation sites (tertiary alicyclic amines) is 1. The summed E-state index contributed by atoms with van der Waals surface area (Å²) in [4.78, 5) is 14.5. The van der Waals surface area contributed by atoms with Crippen molar-refractivity contribution in [2.24, 2.45) is 0 Å². The van der Waals surface area contributed by atoms with Crippen LogP contribution >= 0.6 is 0 Å². The van der Waals surface area contributed by atoms with Crippen molar-refractivity contribution < 1.29 is 14.6 Å². The minimum atomic E-state index is -0.551. The Balaban J connectivity index is 1.40. The lowest BCUT2D eigenvalue weighted by atomic mass is 10.1. The van der Waals surface area contributed by atoms with Gasteiger partial charge in [-0.15, -0.1) is 0 Å². The van der Waals surface area contributed by atoms with Crippen molar-refractivity contribution in [1.29, 1.82) is 0 Å². The van der Waals surface area contributed by atoms with Crippen LogP contribution in [0.25, 0.3) is 0 Å². The van der Waals surface area contributed by atoms with Crippen molar-refractivity contribution in [3.05, 3.63) is 65.7 Å². The number of ether oxygens (including phenoxy) is 1. The molecule has 1 aliphatic heterocycles. The van der Waals surface area contributed by atoms with Crippen molar-refractivity contribution in [2.45, 2.75) is 38.4 Å². The number of benzene rings is 2. The summed E-state index contributed by atoms with van der Waals surface area (Å²) in [6.07, 6.45) is 2.80. The van der Waals surface area contributed by atoms with E-state index in [9.17, 15) is 9.90 Å². The summed E-state index contributed by atoms with van der Waals surface area (Å²) in [5.74, 6) is 0.619. The van der Waals surface area contributed by atoms with Crippen molar-refractivity contribution in [1.82, 2.24) is 10.2 Å². The van der Waals surface area contributed by atoms with Gasteiger partial charge in [-0.3, -0.25) is 4.79 Å². The predicted molar refractivity (Wildman–Crippen MR) is 111 cm³/mol. The normalized spacial score (nSPS) is 16.5. The minimum absolute atomic E-state index is 0.181. The first-order valence-electron chi connectivity index (χ1n) is 10.1. The second kappa shape index (κ2) is 10.2. The molecule has 5 nitrogen and oxygen atoms in total. The third-order valence-electron chi connectivity index (χ3n) is 5.07. The zero-order valence-electron chi connectivity index (χ0n) is 16.5. The third kappa shape index (κ3) is 6.36. The van der Waals surface area contributed by atoms with Crippen molar-refractivity contribution in [3.63, 3.8) is 0 Å². The number of hydrogen-bond acceptors (Lipinski definition) is 4. The summed E-state index contributed by atoms with van der Waals surface area (Å²) in [5.41, 5.74) is 1.96. The van der Waals surface area contributed by atoms with Gasteiger partial charge in [0.25, 0.3) is 5.91 Å². The molecule has 0 saturated carbocycles. The molecule has 1 atom stereocenters. The molecule has 3 rings (SSSR count). The van der Waals surface area contributed by atoms with Crippen molar-refractivity contribution in [2.75, 3.05) is 26.2 Å². The molecule has 0 radical (unpaired) electrons. The molecule has 28 heavy (non-hydrogen) atoms. The van der Waals surface area contributed by atoms with Gasteiger partial charge in [0, 0.05) is 31.7 Å². The van der Waals surface area contributed by atoms with E-state index in [4.69, 9.17) is 4.74 Å². The fourth-order valence-corrected chi connectivity index (χ4v) is 3.40. The Morgan fingerprint density at radius 3 is 2.46 bits per heavy atom. The molecule has 5 heteroatoms. The van der Waals surface area contributed by atoms with Crippen LogP contribution in [0.5, 0.6) is 5.75 Å². The van der Waals surface area contributed by atoms with E-state index in [0.717, 1.165) is 44.6 Å². The molecular formula is C23H30N2O3. The standard InChI is InChI=1S/C23H30N2O3/c1-18(26)17-24-23(27)20-7-9-21(10-8-20)28-22-12-15-25(16-13-22)14-11-19-5-3-2-4-6-19/h2-10,18,22,26H,11-17H2,1H3,(H,24,27)/t18-/m1/s1. The first-order valence-corrected chi connectivity index (χ1v) is 10.1. The van der Waals surface area contributed by atoms with Crippen molar-refractivity contribution in [3.8, 4) is 5.75 Å². The van der Waals surface area contributed by atoms with Gasteiger partial charge in [0.1, 0.15) is 11.9 Å². The maximum Gasteiger partial charge on any atom is 0.251 e. The second-order valence-corrected chi connectivity index (χ2v) is 7.48. The average molecular weight is 383 g/mol. The topological polar surface area (TPSA) is 61.8 Å². The Bertz CT molecular complexity index is 723.